The van der Waals surface area contributed by atoms with Crippen molar-refractivity contribution < 1.29 is 16.8 Å². The van der Waals surface area contributed by atoms with Gasteiger partial charge in [-0.2, -0.15) is 0 Å². The molecule has 1 aliphatic rings. The van der Waals surface area contributed by atoms with Crippen LogP contribution in [0.15, 0.2) is 52.3 Å². The average molecular weight is 423 g/mol. The summed E-state index contributed by atoms with van der Waals surface area (Å²) in [6.07, 6.45) is 4.12. The first-order chi connectivity index (χ1) is 13.2. The molecule has 2 N–H and O–H groups in total. The number of hydrogen-bond donors (Lipinski definition) is 2. The second-order valence-electron chi connectivity index (χ2n) is 7.39. The molecule has 0 saturated carbocycles. The second kappa shape index (κ2) is 8.32. The van der Waals surface area contributed by atoms with Gasteiger partial charge in [0.05, 0.1) is 9.79 Å². The van der Waals surface area contributed by atoms with E-state index in [0.717, 1.165) is 31.2 Å². The zero-order valence-electron chi connectivity index (χ0n) is 16.1. The standard InChI is InChI=1S/C20H26N2O4S2/c1-15(2)22-28(25,26)19-9-5-6-16(12-19)14-21-27(23,24)20-11-10-17-7-3-4-8-18(17)13-20/h5-6,9-13,15,21-22H,3-4,7-8,14H2,1-2H3. The molecule has 0 aromatic heterocycles. The molecule has 0 saturated heterocycles. The first kappa shape index (κ1) is 21.0. The van der Waals surface area contributed by atoms with Crippen LogP contribution < -0.4 is 9.44 Å². The fourth-order valence-corrected chi connectivity index (χ4v) is 5.73. The Morgan fingerprint density at radius 3 is 2.25 bits per heavy atom. The lowest BCUT2D eigenvalue weighted by molar-refractivity contribution is 0.569. The summed E-state index contributed by atoms with van der Waals surface area (Å²) in [6.45, 7) is 3.51. The number of nitrogens with one attached hydrogen (secondary N) is 2. The quantitative estimate of drug-likeness (QED) is 0.718. The van der Waals surface area contributed by atoms with Crippen LogP contribution in [0.4, 0.5) is 0 Å². The zero-order chi connectivity index (χ0) is 20.4. The highest BCUT2D eigenvalue weighted by molar-refractivity contribution is 7.89. The molecule has 6 nitrogen and oxygen atoms in total. The van der Waals surface area contributed by atoms with Crippen molar-refractivity contribution in [3.05, 3.63) is 59.2 Å². The van der Waals surface area contributed by atoms with Crippen molar-refractivity contribution in [2.45, 2.75) is 61.9 Å². The summed E-state index contributed by atoms with van der Waals surface area (Å²) in [6, 6.07) is 11.3. The lowest BCUT2D eigenvalue weighted by Crippen LogP contribution is -2.30. The summed E-state index contributed by atoms with van der Waals surface area (Å²) in [7, 11) is -7.30. The summed E-state index contributed by atoms with van der Waals surface area (Å²) in [5, 5.41) is 0. The van der Waals surface area contributed by atoms with Crippen LogP contribution in [-0.2, 0) is 39.4 Å². The first-order valence-electron chi connectivity index (χ1n) is 9.40. The van der Waals surface area contributed by atoms with Crippen molar-refractivity contribution >= 4 is 20.0 Å². The molecule has 8 heteroatoms. The van der Waals surface area contributed by atoms with Gasteiger partial charge < -0.3 is 0 Å². The summed E-state index contributed by atoms with van der Waals surface area (Å²) in [5.74, 6) is 0. The van der Waals surface area contributed by atoms with E-state index in [2.05, 4.69) is 9.44 Å². The van der Waals surface area contributed by atoms with Crippen molar-refractivity contribution in [3.63, 3.8) is 0 Å². The van der Waals surface area contributed by atoms with Gasteiger partial charge in [0.15, 0.2) is 0 Å². The van der Waals surface area contributed by atoms with E-state index in [9.17, 15) is 16.8 Å². The summed E-state index contributed by atoms with van der Waals surface area (Å²) in [5.41, 5.74) is 2.90. The Labute approximate surface area is 167 Å². The van der Waals surface area contributed by atoms with Crippen molar-refractivity contribution in [1.82, 2.24) is 9.44 Å². The number of hydrogen-bond acceptors (Lipinski definition) is 4. The lowest BCUT2D eigenvalue weighted by Gasteiger charge is -2.17. The molecule has 2 aromatic carbocycles. The number of aryl methyl sites for hydroxylation is 2. The van der Waals surface area contributed by atoms with Crippen molar-refractivity contribution in [1.29, 1.82) is 0 Å². The van der Waals surface area contributed by atoms with Crippen LogP contribution >= 0.6 is 0 Å². The van der Waals surface area contributed by atoms with Gasteiger partial charge in [0.1, 0.15) is 0 Å². The van der Waals surface area contributed by atoms with Gasteiger partial charge in [-0.3, -0.25) is 0 Å². The molecular formula is C20H26N2O4S2. The zero-order valence-corrected chi connectivity index (χ0v) is 17.7. The molecule has 0 radical (unpaired) electrons. The lowest BCUT2D eigenvalue weighted by atomic mass is 9.92. The molecule has 0 fully saturated rings. The van der Waals surface area contributed by atoms with Gasteiger partial charge in [-0.1, -0.05) is 18.2 Å². The summed E-state index contributed by atoms with van der Waals surface area (Å²) >= 11 is 0. The highest BCUT2D eigenvalue weighted by Crippen LogP contribution is 2.24. The van der Waals surface area contributed by atoms with Gasteiger partial charge >= 0.3 is 0 Å². The van der Waals surface area contributed by atoms with E-state index in [0.29, 0.717) is 5.56 Å². The minimum atomic E-state index is -3.67. The van der Waals surface area contributed by atoms with E-state index in [4.69, 9.17) is 0 Å². The van der Waals surface area contributed by atoms with E-state index in [1.54, 1.807) is 38.1 Å². The van der Waals surface area contributed by atoms with Crippen molar-refractivity contribution in [2.24, 2.45) is 0 Å². The Morgan fingerprint density at radius 1 is 0.857 bits per heavy atom. The van der Waals surface area contributed by atoms with Gasteiger partial charge in [-0.25, -0.2) is 26.3 Å². The SMILES string of the molecule is CC(C)NS(=O)(=O)c1cccc(CNS(=O)(=O)c2ccc3c(c2)CCCC3)c1. The molecule has 0 heterocycles. The molecule has 0 spiro atoms. The molecule has 0 unspecified atom stereocenters. The molecule has 3 rings (SSSR count). The fraction of sp³-hybridized carbons (Fsp3) is 0.400. The third-order valence-electron chi connectivity index (χ3n) is 4.70. The van der Waals surface area contributed by atoms with Crippen LogP contribution in [0.25, 0.3) is 0 Å². The van der Waals surface area contributed by atoms with Crippen LogP contribution in [0.3, 0.4) is 0 Å². The van der Waals surface area contributed by atoms with Crippen LogP contribution in [-0.4, -0.2) is 22.9 Å². The molecule has 28 heavy (non-hydrogen) atoms. The predicted octanol–water partition coefficient (Wildman–Crippen LogP) is 2.73. The maximum absolute atomic E-state index is 12.7. The molecule has 2 aromatic rings. The highest BCUT2D eigenvalue weighted by atomic mass is 32.2. The maximum atomic E-state index is 12.7. The van der Waals surface area contributed by atoms with Gasteiger partial charge in [-0.15, -0.1) is 0 Å². The topological polar surface area (TPSA) is 92.3 Å². The third-order valence-corrected chi connectivity index (χ3v) is 7.75. The Balaban J connectivity index is 1.76. The molecule has 152 valence electrons. The van der Waals surface area contributed by atoms with Crippen LogP contribution in [0.2, 0.25) is 0 Å². The summed E-state index contributed by atoms with van der Waals surface area (Å²) in [4.78, 5) is 0.366. The van der Waals surface area contributed by atoms with E-state index in [-0.39, 0.29) is 22.4 Å². The normalized spacial score (nSPS) is 14.8. The monoisotopic (exact) mass is 422 g/mol. The van der Waals surface area contributed by atoms with Gasteiger partial charge in [0.25, 0.3) is 0 Å². The van der Waals surface area contributed by atoms with Gasteiger partial charge in [-0.05, 0) is 80.5 Å². The Kier molecular flexibility index (Phi) is 6.24. The van der Waals surface area contributed by atoms with E-state index < -0.39 is 20.0 Å². The maximum Gasteiger partial charge on any atom is 0.240 e. The van der Waals surface area contributed by atoms with E-state index in [1.807, 2.05) is 6.07 Å². The second-order valence-corrected chi connectivity index (χ2v) is 10.9. The molecule has 0 atom stereocenters. The average Bonchev–Trinajstić information content (AvgIpc) is 2.65. The predicted molar refractivity (Wildman–Crippen MR) is 109 cm³/mol. The number of sulfonamides is 2. The van der Waals surface area contributed by atoms with Crippen LogP contribution in [0, 0.1) is 0 Å². The fourth-order valence-electron chi connectivity index (χ4n) is 3.34. The van der Waals surface area contributed by atoms with Crippen molar-refractivity contribution in [2.75, 3.05) is 0 Å². The Bertz CT molecular complexity index is 1060. The van der Waals surface area contributed by atoms with Crippen LogP contribution in [0.5, 0.6) is 0 Å². The number of benzene rings is 2. The minimum Gasteiger partial charge on any atom is -0.209 e. The molecule has 0 aliphatic heterocycles. The molecule has 1 aliphatic carbocycles. The minimum absolute atomic E-state index is 0.0183. The van der Waals surface area contributed by atoms with E-state index in [1.165, 1.54) is 17.7 Å². The third kappa shape index (κ3) is 5.00. The summed E-state index contributed by atoms with van der Waals surface area (Å²) < 4.78 is 55.1. The molecule has 0 amide bonds. The van der Waals surface area contributed by atoms with Crippen molar-refractivity contribution in [3.8, 4) is 0 Å². The van der Waals surface area contributed by atoms with E-state index >= 15 is 0 Å². The first-order valence-corrected chi connectivity index (χ1v) is 12.4. The Hall–Kier alpha value is -1.74. The number of fused-ring (bicyclic) bond motifs is 1. The van der Waals surface area contributed by atoms with Gasteiger partial charge in [0.2, 0.25) is 20.0 Å². The van der Waals surface area contributed by atoms with Crippen LogP contribution in [0.1, 0.15) is 43.4 Å². The molecule has 0 bridgehead atoms. The highest BCUT2D eigenvalue weighted by Gasteiger charge is 2.19. The Morgan fingerprint density at radius 2 is 1.54 bits per heavy atom. The number of rotatable bonds is 7. The van der Waals surface area contributed by atoms with Gasteiger partial charge in [0, 0.05) is 12.6 Å². The largest absolute Gasteiger partial charge is 0.240 e. The smallest absolute Gasteiger partial charge is 0.209 e. The molecular weight excluding hydrogens is 396 g/mol.